The van der Waals surface area contributed by atoms with E-state index in [0.717, 1.165) is 23.2 Å². The molecular weight excluding hydrogens is 480 g/mol. The maximum absolute atomic E-state index is 14.0. The normalized spacial score (nSPS) is 17.1. The number of alkyl halides is 3. The van der Waals surface area contributed by atoms with Crippen LogP contribution >= 0.6 is 0 Å². The molecule has 0 saturated carbocycles. The number of carbonyl (C=O) groups excluding carboxylic acids is 2. The second kappa shape index (κ2) is 9.11. The van der Waals surface area contributed by atoms with Crippen molar-refractivity contribution >= 4 is 23.0 Å². The lowest BCUT2D eigenvalue weighted by Gasteiger charge is -2.41. The van der Waals surface area contributed by atoms with Crippen molar-refractivity contribution in [2.24, 2.45) is 7.05 Å². The predicted molar refractivity (Wildman–Crippen MR) is 123 cm³/mol. The van der Waals surface area contributed by atoms with Crippen LogP contribution in [0.25, 0.3) is 11.0 Å². The molecule has 36 heavy (non-hydrogen) atoms. The highest BCUT2D eigenvalue weighted by Crippen LogP contribution is 2.33. The van der Waals surface area contributed by atoms with Gasteiger partial charge >= 0.3 is 12.3 Å². The zero-order chi connectivity index (χ0) is 26.4. The number of imidazole rings is 1. The summed E-state index contributed by atoms with van der Waals surface area (Å²) in [6, 6.07) is 7.00. The first-order valence-corrected chi connectivity index (χ1v) is 11.3. The number of carbonyl (C=O) groups is 2. The zero-order valence-corrected chi connectivity index (χ0v) is 20.3. The van der Waals surface area contributed by atoms with Crippen molar-refractivity contribution in [3.8, 4) is 0 Å². The summed E-state index contributed by atoms with van der Waals surface area (Å²) in [5.74, 6) is -1.53. The van der Waals surface area contributed by atoms with E-state index in [9.17, 15) is 27.2 Å². The summed E-state index contributed by atoms with van der Waals surface area (Å²) in [6.45, 7) is 4.53. The van der Waals surface area contributed by atoms with Crippen LogP contribution in [0, 0.1) is 5.82 Å². The van der Waals surface area contributed by atoms with Crippen LogP contribution in [-0.4, -0.2) is 50.0 Å². The average Bonchev–Trinajstić information content (AvgIpc) is 3.13. The van der Waals surface area contributed by atoms with Gasteiger partial charge in [-0.1, -0.05) is 6.07 Å². The molecule has 1 atom stereocenters. The molecule has 2 aromatic carbocycles. The monoisotopic (exact) mass is 506 g/mol. The van der Waals surface area contributed by atoms with Gasteiger partial charge in [-0.2, -0.15) is 13.2 Å². The summed E-state index contributed by atoms with van der Waals surface area (Å²) in [6.07, 6.45) is -3.76. The van der Waals surface area contributed by atoms with Gasteiger partial charge in [0.1, 0.15) is 18.0 Å². The van der Waals surface area contributed by atoms with Crippen molar-refractivity contribution in [2.45, 2.75) is 45.1 Å². The van der Waals surface area contributed by atoms with E-state index in [1.807, 2.05) is 17.7 Å². The van der Waals surface area contributed by atoms with E-state index in [-0.39, 0.29) is 25.2 Å². The smallest absolute Gasteiger partial charge is 0.416 e. The molecule has 2 amide bonds. The summed E-state index contributed by atoms with van der Waals surface area (Å²) in [5.41, 5.74) is 0.319. The molecular formula is C25H26F4N4O3. The minimum atomic E-state index is -4.72. The van der Waals surface area contributed by atoms with Crippen molar-refractivity contribution in [2.75, 3.05) is 13.1 Å². The largest absolute Gasteiger partial charge is 0.444 e. The molecule has 1 aliphatic rings. The zero-order valence-electron chi connectivity index (χ0n) is 20.3. The van der Waals surface area contributed by atoms with E-state index in [1.165, 1.54) is 9.80 Å². The predicted octanol–water partition coefficient (Wildman–Crippen LogP) is 5.05. The number of ether oxygens (including phenoxy) is 1. The number of rotatable bonds is 3. The van der Waals surface area contributed by atoms with Gasteiger partial charge in [-0.25, -0.2) is 14.2 Å². The summed E-state index contributed by atoms with van der Waals surface area (Å²) in [7, 11) is 1.82. The van der Waals surface area contributed by atoms with Gasteiger partial charge in [-0.15, -0.1) is 0 Å². The SMILES string of the molecule is Cn1cnc2ccc(C3CN(Cc4cc(F)cc(C(F)(F)F)c4)C(=O)CN3C(=O)OC(C)(C)C)cc21. The van der Waals surface area contributed by atoms with Crippen molar-refractivity contribution in [3.05, 3.63) is 65.2 Å². The van der Waals surface area contributed by atoms with Gasteiger partial charge in [0, 0.05) is 20.1 Å². The van der Waals surface area contributed by atoms with Gasteiger partial charge in [0.15, 0.2) is 0 Å². The molecule has 2 heterocycles. The number of aryl methyl sites for hydroxylation is 1. The Balaban J connectivity index is 1.68. The molecule has 0 radical (unpaired) electrons. The summed E-state index contributed by atoms with van der Waals surface area (Å²) >= 11 is 0. The molecule has 7 nitrogen and oxygen atoms in total. The Morgan fingerprint density at radius 1 is 1.14 bits per heavy atom. The number of nitrogens with zero attached hydrogens (tertiary/aromatic N) is 4. The fourth-order valence-electron chi connectivity index (χ4n) is 4.19. The van der Waals surface area contributed by atoms with Crippen LogP contribution in [-0.2, 0) is 29.3 Å². The molecule has 1 fully saturated rings. The van der Waals surface area contributed by atoms with Crippen molar-refractivity contribution < 1.29 is 31.9 Å². The molecule has 1 aliphatic heterocycles. The maximum atomic E-state index is 14.0. The Kier molecular flexibility index (Phi) is 6.44. The average molecular weight is 507 g/mol. The fourth-order valence-corrected chi connectivity index (χ4v) is 4.19. The highest BCUT2D eigenvalue weighted by atomic mass is 19.4. The molecule has 11 heteroatoms. The van der Waals surface area contributed by atoms with Gasteiger partial charge in [0.25, 0.3) is 0 Å². The van der Waals surface area contributed by atoms with Crippen LogP contribution in [0.2, 0.25) is 0 Å². The highest BCUT2D eigenvalue weighted by Gasteiger charge is 2.39. The number of halogens is 4. The molecule has 0 N–H and O–H groups in total. The topological polar surface area (TPSA) is 67.7 Å². The molecule has 4 rings (SSSR count). The molecule has 1 unspecified atom stereocenters. The first-order valence-electron chi connectivity index (χ1n) is 11.3. The Labute approximate surface area is 205 Å². The van der Waals surface area contributed by atoms with Crippen molar-refractivity contribution in [1.29, 1.82) is 0 Å². The van der Waals surface area contributed by atoms with Gasteiger partial charge in [-0.3, -0.25) is 9.69 Å². The van der Waals surface area contributed by atoms with Crippen LogP contribution in [0.4, 0.5) is 22.4 Å². The quantitative estimate of drug-likeness (QED) is 0.467. The lowest BCUT2D eigenvalue weighted by molar-refractivity contribution is -0.139. The van der Waals surface area contributed by atoms with Gasteiger partial charge < -0.3 is 14.2 Å². The van der Waals surface area contributed by atoms with E-state index in [2.05, 4.69) is 4.98 Å². The summed E-state index contributed by atoms with van der Waals surface area (Å²) in [4.78, 5) is 33.0. The van der Waals surface area contributed by atoms with Crippen LogP contribution in [0.3, 0.4) is 0 Å². The number of piperazine rings is 1. The number of benzene rings is 2. The lowest BCUT2D eigenvalue weighted by atomic mass is 10.0. The second-order valence-electron chi connectivity index (χ2n) is 9.85. The second-order valence-corrected chi connectivity index (χ2v) is 9.85. The van der Waals surface area contributed by atoms with E-state index in [0.29, 0.717) is 11.6 Å². The van der Waals surface area contributed by atoms with E-state index in [1.54, 1.807) is 39.2 Å². The van der Waals surface area contributed by atoms with E-state index >= 15 is 0 Å². The molecule has 0 bridgehead atoms. The summed E-state index contributed by atoms with van der Waals surface area (Å²) < 4.78 is 60.8. The lowest BCUT2D eigenvalue weighted by Crippen LogP contribution is -2.54. The third-order valence-electron chi connectivity index (χ3n) is 5.85. The molecule has 1 saturated heterocycles. The Bertz CT molecular complexity index is 1310. The number of aromatic nitrogens is 2. The van der Waals surface area contributed by atoms with Crippen LogP contribution in [0.15, 0.2) is 42.7 Å². The Morgan fingerprint density at radius 2 is 1.86 bits per heavy atom. The Hall–Kier alpha value is -3.63. The summed E-state index contributed by atoms with van der Waals surface area (Å²) in [5, 5.41) is 0. The van der Waals surface area contributed by atoms with Crippen LogP contribution in [0.5, 0.6) is 0 Å². The van der Waals surface area contributed by atoms with Crippen LogP contribution in [0.1, 0.15) is 43.5 Å². The molecule has 0 spiro atoms. The fraction of sp³-hybridized carbons (Fsp3) is 0.400. The molecule has 0 aliphatic carbocycles. The van der Waals surface area contributed by atoms with Crippen molar-refractivity contribution in [1.82, 2.24) is 19.4 Å². The highest BCUT2D eigenvalue weighted by molar-refractivity contribution is 5.84. The third-order valence-corrected chi connectivity index (χ3v) is 5.85. The van der Waals surface area contributed by atoms with E-state index < -0.39 is 41.2 Å². The van der Waals surface area contributed by atoms with Crippen LogP contribution < -0.4 is 0 Å². The number of amides is 2. The minimum absolute atomic E-state index is 0.00206. The van der Waals surface area contributed by atoms with E-state index in [4.69, 9.17) is 4.74 Å². The van der Waals surface area contributed by atoms with Gasteiger partial charge in [-0.05, 0) is 62.2 Å². The standard InChI is InChI=1S/C25H26F4N4O3/c1-24(2,3)36-23(35)33-13-22(34)32(11-15-7-17(25(27,28)29)10-18(26)8-15)12-21(33)16-5-6-19-20(9-16)31(4)14-30-19/h5-10,14,21H,11-13H2,1-4H3. The number of hydrogen-bond donors (Lipinski definition) is 0. The first-order chi connectivity index (χ1) is 16.7. The molecule has 1 aromatic heterocycles. The first kappa shape index (κ1) is 25.5. The maximum Gasteiger partial charge on any atom is 0.416 e. The van der Waals surface area contributed by atoms with Gasteiger partial charge in [0.05, 0.1) is 29.0 Å². The van der Waals surface area contributed by atoms with Crippen molar-refractivity contribution in [3.63, 3.8) is 0 Å². The molecule has 192 valence electrons. The number of fused-ring (bicyclic) bond motifs is 1. The third kappa shape index (κ3) is 5.44. The Morgan fingerprint density at radius 3 is 2.53 bits per heavy atom. The molecule has 3 aromatic rings. The van der Waals surface area contributed by atoms with Gasteiger partial charge in [0.2, 0.25) is 5.91 Å². The number of hydrogen-bond acceptors (Lipinski definition) is 4. The minimum Gasteiger partial charge on any atom is -0.444 e.